The van der Waals surface area contributed by atoms with Gasteiger partial charge in [0, 0.05) is 28.3 Å². The Balaban J connectivity index is 1.83. The minimum Gasteiger partial charge on any atom is -0.486 e. The molecule has 2 aromatic rings. The van der Waals surface area contributed by atoms with Crippen molar-refractivity contribution in [3.63, 3.8) is 0 Å². The molecular formula is C20H24N2O3S. The Morgan fingerprint density at radius 1 is 1.19 bits per heavy atom. The molecule has 2 amide bonds. The van der Waals surface area contributed by atoms with Crippen LogP contribution in [0.5, 0.6) is 5.75 Å². The van der Waals surface area contributed by atoms with Gasteiger partial charge in [-0.1, -0.05) is 36.4 Å². The van der Waals surface area contributed by atoms with Crippen LogP contribution < -0.4 is 10.1 Å². The Hall–Kier alpha value is -2.34. The molecule has 1 aliphatic heterocycles. The Labute approximate surface area is 156 Å². The number of fused-ring (bicyclic) bond motifs is 1. The lowest BCUT2D eigenvalue weighted by atomic mass is 10.1. The van der Waals surface area contributed by atoms with Crippen LogP contribution in [0.1, 0.15) is 25.0 Å². The lowest BCUT2D eigenvalue weighted by Crippen LogP contribution is -2.44. The van der Waals surface area contributed by atoms with E-state index in [2.05, 4.69) is 5.32 Å². The van der Waals surface area contributed by atoms with Gasteiger partial charge < -0.3 is 15.0 Å². The summed E-state index contributed by atoms with van der Waals surface area (Å²) in [5.41, 5.74) is 2.06. The summed E-state index contributed by atoms with van der Waals surface area (Å²) < 4.78 is 17.7. The average molecular weight is 372 g/mol. The van der Waals surface area contributed by atoms with Crippen LogP contribution >= 0.6 is 0 Å². The highest BCUT2D eigenvalue weighted by molar-refractivity contribution is 7.83. The maximum atomic E-state index is 12.9. The first kappa shape index (κ1) is 18.5. The van der Waals surface area contributed by atoms with Gasteiger partial charge in [0.25, 0.3) is 0 Å². The standard InChI is InChI=1S/C20H24N2O3S/c1-20(2)14-22(12-15-8-5-7-11-18(15)25-20)19(23)21-17-10-6-4-9-16(17)13-26(3)24/h4-11H,12-14H2,1-3H3,(H,21,23). The molecule has 0 bridgehead atoms. The molecule has 0 saturated carbocycles. The van der Waals surface area contributed by atoms with Crippen molar-refractivity contribution in [3.05, 3.63) is 59.7 Å². The number of anilines is 1. The highest BCUT2D eigenvalue weighted by atomic mass is 32.2. The normalized spacial score (nSPS) is 16.8. The van der Waals surface area contributed by atoms with Crippen LogP contribution in [0.4, 0.5) is 10.5 Å². The van der Waals surface area contributed by atoms with E-state index in [4.69, 9.17) is 4.74 Å². The Bertz CT molecular complexity index is 835. The Morgan fingerprint density at radius 3 is 2.65 bits per heavy atom. The highest BCUT2D eigenvalue weighted by Crippen LogP contribution is 2.29. The van der Waals surface area contributed by atoms with Crippen molar-refractivity contribution in [1.29, 1.82) is 0 Å². The summed E-state index contributed by atoms with van der Waals surface area (Å²) in [4.78, 5) is 14.7. The van der Waals surface area contributed by atoms with Crippen LogP contribution in [-0.4, -0.2) is 33.5 Å². The zero-order valence-electron chi connectivity index (χ0n) is 15.3. The Kier molecular flexibility index (Phi) is 5.32. The molecule has 0 aliphatic carbocycles. The van der Waals surface area contributed by atoms with E-state index in [9.17, 15) is 9.00 Å². The number of hydrogen-bond donors (Lipinski definition) is 1. The van der Waals surface area contributed by atoms with E-state index < -0.39 is 16.4 Å². The van der Waals surface area contributed by atoms with Gasteiger partial charge in [-0.15, -0.1) is 0 Å². The number of ether oxygens (including phenoxy) is 1. The molecule has 5 nitrogen and oxygen atoms in total. The minimum absolute atomic E-state index is 0.187. The van der Waals surface area contributed by atoms with Crippen LogP contribution in [0.2, 0.25) is 0 Å². The molecule has 1 N–H and O–H groups in total. The average Bonchev–Trinajstić information content (AvgIpc) is 2.70. The van der Waals surface area contributed by atoms with Crippen LogP contribution in [-0.2, 0) is 23.1 Å². The van der Waals surface area contributed by atoms with Crippen LogP contribution in [0.3, 0.4) is 0 Å². The van der Waals surface area contributed by atoms with Gasteiger partial charge in [0.1, 0.15) is 11.4 Å². The third-order valence-electron chi connectivity index (χ3n) is 4.20. The number of amides is 2. The number of para-hydroxylation sites is 2. The number of urea groups is 1. The lowest BCUT2D eigenvalue weighted by Gasteiger charge is -2.29. The highest BCUT2D eigenvalue weighted by Gasteiger charge is 2.31. The van der Waals surface area contributed by atoms with E-state index in [1.54, 1.807) is 11.2 Å². The fourth-order valence-electron chi connectivity index (χ4n) is 3.11. The molecule has 6 heteroatoms. The minimum atomic E-state index is -0.976. The molecule has 3 rings (SSSR count). The van der Waals surface area contributed by atoms with Crippen molar-refractivity contribution in [3.8, 4) is 5.75 Å². The van der Waals surface area contributed by atoms with Crippen molar-refractivity contribution < 1.29 is 13.7 Å². The van der Waals surface area contributed by atoms with Crippen LogP contribution in [0, 0.1) is 0 Å². The second-order valence-corrected chi connectivity index (χ2v) is 8.57. The topological polar surface area (TPSA) is 58.6 Å². The second kappa shape index (κ2) is 7.50. The summed E-state index contributed by atoms with van der Waals surface area (Å²) >= 11 is 0. The van der Waals surface area contributed by atoms with Gasteiger partial charge >= 0.3 is 6.03 Å². The predicted octanol–water partition coefficient (Wildman–Crippen LogP) is 3.77. The van der Waals surface area contributed by atoms with Gasteiger partial charge in [-0.25, -0.2) is 4.79 Å². The zero-order chi connectivity index (χ0) is 18.7. The molecule has 1 aliphatic rings. The molecule has 138 valence electrons. The molecule has 0 spiro atoms. The van der Waals surface area contributed by atoms with Crippen molar-refractivity contribution in [1.82, 2.24) is 4.90 Å². The Morgan fingerprint density at radius 2 is 1.88 bits per heavy atom. The van der Waals surface area contributed by atoms with Gasteiger partial charge in [-0.05, 0) is 31.5 Å². The van der Waals surface area contributed by atoms with E-state index in [0.717, 1.165) is 16.9 Å². The number of benzene rings is 2. The SMILES string of the molecule is CS(=O)Cc1ccccc1NC(=O)N1Cc2ccccc2OC(C)(C)C1. The number of nitrogens with zero attached hydrogens (tertiary/aromatic N) is 1. The van der Waals surface area contributed by atoms with Gasteiger partial charge in [0.2, 0.25) is 0 Å². The fourth-order valence-corrected chi connectivity index (χ4v) is 3.80. The van der Waals surface area contributed by atoms with Crippen LogP contribution in [0.15, 0.2) is 48.5 Å². The summed E-state index contributed by atoms with van der Waals surface area (Å²) in [5, 5.41) is 2.98. The first-order valence-electron chi connectivity index (χ1n) is 8.55. The van der Waals surface area contributed by atoms with Gasteiger partial charge in [0.15, 0.2) is 0 Å². The molecule has 1 atom stereocenters. The molecule has 0 aromatic heterocycles. The molecule has 1 unspecified atom stereocenters. The van der Waals surface area contributed by atoms with Crippen molar-refractivity contribution in [2.75, 3.05) is 18.1 Å². The first-order chi connectivity index (χ1) is 12.3. The zero-order valence-corrected chi connectivity index (χ0v) is 16.1. The van der Waals surface area contributed by atoms with Gasteiger partial charge in [-0.3, -0.25) is 4.21 Å². The van der Waals surface area contributed by atoms with Crippen molar-refractivity contribution in [2.24, 2.45) is 0 Å². The quantitative estimate of drug-likeness (QED) is 0.892. The summed E-state index contributed by atoms with van der Waals surface area (Å²) in [5.74, 6) is 1.23. The first-order valence-corrected chi connectivity index (χ1v) is 10.3. The van der Waals surface area contributed by atoms with E-state index >= 15 is 0 Å². The maximum Gasteiger partial charge on any atom is 0.322 e. The molecule has 1 heterocycles. The number of carbonyl (C=O) groups is 1. The lowest BCUT2D eigenvalue weighted by molar-refractivity contribution is 0.0835. The largest absolute Gasteiger partial charge is 0.486 e. The summed E-state index contributed by atoms with van der Waals surface area (Å²) in [6.07, 6.45) is 1.66. The predicted molar refractivity (Wildman–Crippen MR) is 105 cm³/mol. The molecule has 26 heavy (non-hydrogen) atoms. The molecule has 0 radical (unpaired) electrons. The smallest absolute Gasteiger partial charge is 0.322 e. The monoisotopic (exact) mass is 372 g/mol. The third kappa shape index (κ3) is 4.43. The molecule has 0 saturated heterocycles. The third-order valence-corrected chi connectivity index (χ3v) is 4.91. The molecule has 0 fully saturated rings. The van der Waals surface area contributed by atoms with Gasteiger partial charge in [-0.2, -0.15) is 0 Å². The van der Waals surface area contributed by atoms with Gasteiger partial charge in [0.05, 0.1) is 18.8 Å². The maximum absolute atomic E-state index is 12.9. The molecular weight excluding hydrogens is 348 g/mol. The van der Waals surface area contributed by atoms with Crippen molar-refractivity contribution in [2.45, 2.75) is 31.7 Å². The number of carbonyl (C=O) groups excluding carboxylic acids is 1. The van der Waals surface area contributed by atoms with E-state index in [-0.39, 0.29) is 6.03 Å². The van der Waals surface area contributed by atoms with E-state index in [0.29, 0.717) is 24.5 Å². The summed E-state index contributed by atoms with van der Waals surface area (Å²) in [7, 11) is -0.976. The number of nitrogens with one attached hydrogen (secondary N) is 1. The summed E-state index contributed by atoms with van der Waals surface area (Å²) in [6.45, 7) is 4.90. The van der Waals surface area contributed by atoms with E-state index in [1.807, 2.05) is 62.4 Å². The molecule has 2 aromatic carbocycles. The number of rotatable bonds is 3. The fraction of sp³-hybridized carbons (Fsp3) is 0.350. The summed E-state index contributed by atoms with van der Waals surface area (Å²) in [6, 6.07) is 15.1. The van der Waals surface area contributed by atoms with E-state index in [1.165, 1.54) is 0 Å². The van der Waals surface area contributed by atoms with Crippen molar-refractivity contribution >= 4 is 22.5 Å². The second-order valence-electron chi connectivity index (χ2n) is 7.13. The van der Waals surface area contributed by atoms with Crippen LogP contribution in [0.25, 0.3) is 0 Å². The number of hydrogen-bond acceptors (Lipinski definition) is 3.